The SMILES string of the molecule is C[C@@H]1CC[C@@H]2[C@@H](CC[C@H]3C[C@H](O)CC(=O)O3)[C@H](C)C=C[C@@H]2C1. The molecule has 1 saturated heterocycles. The van der Waals surface area contributed by atoms with E-state index in [1.807, 2.05) is 0 Å². The van der Waals surface area contributed by atoms with Gasteiger partial charge in [-0.05, 0) is 55.3 Å². The largest absolute Gasteiger partial charge is 0.462 e. The van der Waals surface area contributed by atoms with E-state index >= 15 is 0 Å². The maximum Gasteiger partial charge on any atom is 0.308 e. The summed E-state index contributed by atoms with van der Waals surface area (Å²) in [4.78, 5) is 11.5. The van der Waals surface area contributed by atoms with Crippen LogP contribution in [-0.4, -0.2) is 23.3 Å². The number of fused-ring (bicyclic) bond motifs is 1. The number of carbonyl (C=O) groups is 1. The minimum atomic E-state index is -0.502. The summed E-state index contributed by atoms with van der Waals surface area (Å²) in [6, 6.07) is 0. The molecule has 0 unspecified atom stereocenters. The van der Waals surface area contributed by atoms with E-state index in [-0.39, 0.29) is 18.5 Å². The molecule has 0 spiro atoms. The number of ether oxygens (including phenoxy) is 1. The number of aliphatic hydroxyl groups is 1. The Bertz CT molecular complexity index is 430. The minimum Gasteiger partial charge on any atom is -0.462 e. The van der Waals surface area contributed by atoms with E-state index in [1.54, 1.807) is 0 Å². The first-order valence-corrected chi connectivity index (χ1v) is 9.08. The molecule has 3 heteroatoms. The molecule has 22 heavy (non-hydrogen) atoms. The third-order valence-electron chi connectivity index (χ3n) is 6.16. The van der Waals surface area contributed by atoms with Crippen LogP contribution in [0.3, 0.4) is 0 Å². The zero-order valence-corrected chi connectivity index (χ0v) is 13.9. The normalized spacial score (nSPS) is 45.2. The molecule has 0 aromatic carbocycles. The van der Waals surface area contributed by atoms with Crippen molar-refractivity contribution >= 4 is 5.97 Å². The maximum atomic E-state index is 11.5. The van der Waals surface area contributed by atoms with Crippen molar-refractivity contribution in [1.82, 2.24) is 0 Å². The van der Waals surface area contributed by atoms with Gasteiger partial charge in [-0.15, -0.1) is 0 Å². The highest BCUT2D eigenvalue weighted by Gasteiger charge is 2.38. The van der Waals surface area contributed by atoms with Gasteiger partial charge in [0.15, 0.2) is 0 Å². The number of carbonyl (C=O) groups excluding carboxylic acids is 1. The van der Waals surface area contributed by atoms with Crippen LogP contribution < -0.4 is 0 Å². The fourth-order valence-corrected chi connectivity index (χ4v) is 4.95. The Balaban J connectivity index is 1.59. The van der Waals surface area contributed by atoms with Gasteiger partial charge in [-0.3, -0.25) is 4.79 Å². The van der Waals surface area contributed by atoms with Crippen LogP contribution in [0.15, 0.2) is 12.2 Å². The zero-order valence-electron chi connectivity index (χ0n) is 13.9. The van der Waals surface area contributed by atoms with Gasteiger partial charge >= 0.3 is 5.97 Å². The van der Waals surface area contributed by atoms with Crippen LogP contribution in [0, 0.1) is 29.6 Å². The van der Waals surface area contributed by atoms with Crippen LogP contribution in [0.4, 0.5) is 0 Å². The van der Waals surface area contributed by atoms with E-state index in [0.717, 1.165) is 30.6 Å². The van der Waals surface area contributed by atoms with Gasteiger partial charge in [0, 0.05) is 6.42 Å². The summed E-state index contributed by atoms with van der Waals surface area (Å²) in [5.74, 6) is 3.52. The van der Waals surface area contributed by atoms with Crippen molar-refractivity contribution in [3.05, 3.63) is 12.2 Å². The molecule has 3 aliphatic rings. The molecule has 2 fully saturated rings. The topological polar surface area (TPSA) is 46.5 Å². The molecule has 1 N–H and O–H groups in total. The lowest BCUT2D eigenvalue weighted by Crippen LogP contribution is -2.37. The average Bonchev–Trinajstić information content (AvgIpc) is 2.45. The predicted octanol–water partition coefficient (Wildman–Crippen LogP) is 3.71. The number of cyclic esters (lactones) is 1. The van der Waals surface area contributed by atoms with E-state index in [0.29, 0.717) is 18.3 Å². The number of esters is 1. The second-order valence-electron chi connectivity index (χ2n) is 7.94. The Hall–Kier alpha value is -0.830. The van der Waals surface area contributed by atoms with Crippen molar-refractivity contribution in [2.75, 3.05) is 0 Å². The Morgan fingerprint density at radius 1 is 1.18 bits per heavy atom. The Labute approximate surface area is 134 Å². The number of rotatable bonds is 3. The fourth-order valence-electron chi connectivity index (χ4n) is 4.95. The monoisotopic (exact) mass is 306 g/mol. The molecule has 1 saturated carbocycles. The summed E-state index contributed by atoms with van der Waals surface area (Å²) < 4.78 is 5.42. The van der Waals surface area contributed by atoms with Gasteiger partial charge < -0.3 is 9.84 Å². The number of allylic oxidation sites excluding steroid dienone is 2. The fraction of sp³-hybridized carbons (Fsp3) is 0.842. The molecular formula is C19H30O3. The molecule has 0 bridgehead atoms. The van der Waals surface area contributed by atoms with Crippen LogP contribution in [0.2, 0.25) is 0 Å². The summed E-state index contributed by atoms with van der Waals surface area (Å²) in [6.07, 6.45) is 11.1. The minimum absolute atomic E-state index is 0.0738. The molecular weight excluding hydrogens is 276 g/mol. The van der Waals surface area contributed by atoms with Crippen molar-refractivity contribution in [2.24, 2.45) is 29.6 Å². The van der Waals surface area contributed by atoms with Crippen LogP contribution in [0.25, 0.3) is 0 Å². The molecule has 3 nitrogen and oxygen atoms in total. The maximum absolute atomic E-state index is 11.5. The number of hydrogen-bond acceptors (Lipinski definition) is 3. The average molecular weight is 306 g/mol. The van der Waals surface area contributed by atoms with E-state index in [9.17, 15) is 9.90 Å². The molecule has 1 aliphatic heterocycles. The Morgan fingerprint density at radius 3 is 2.77 bits per heavy atom. The summed E-state index contributed by atoms with van der Waals surface area (Å²) in [6.45, 7) is 4.71. The Morgan fingerprint density at radius 2 is 2.00 bits per heavy atom. The van der Waals surface area contributed by atoms with Gasteiger partial charge in [0.25, 0.3) is 0 Å². The molecule has 2 aliphatic carbocycles. The van der Waals surface area contributed by atoms with Crippen LogP contribution in [0.1, 0.15) is 58.8 Å². The highest BCUT2D eigenvalue weighted by Crippen LogP contribution is 2.46. The van der Waals surface area contributed by atoms with Crippen molar-refractivity contribution in [1.29, 1.82) is 0 Å². The van der Waals surface area contributed by atoms with Crippen molar-refractivity contribution in [3.8, 4) is 0 Å². The van der Waals surface area contributed by atoms with Crippen LogP contribution in [-0.2, 0) is 9.53 Å². The number of hydrogen-bond donors (Lipinski definition) is 1. The van der Waals surface area contributed by atoms with Gasteiger partial charge in [-0.1, -0.05) is 32.4 Å². The quantitative estimate of drug-likeness (QED) is 0.638. The van der Waals surface area contributed by atoms with Gasteiger partial charge in [0.05, 0.1) is 12.5 Å². The van der Waals surface area contributed by atoms with Gasteiger partial charge in [0.1, 0.15) is 6.10 Å². The highest BCUT2D eigenvalue weighted by atomic mass is 16.5. The first-order valence-electron chi connectivity index (χ1n) is 9.08. The van der Waals surface area contributed by atoms with Crippen molar-refractivity contribution in [3.63, 3.8) is 0 Å². The van der Waals surface area contributed by atoms with E-state index in [1.165, 1.54) is 19.3 Å². The second-order valence-corrected chi connectivity index (χ2v) is 7.94. The first-order chi connectivity index (χ1) is 10.5. The number of aliphatic hydroxyl groups excluding tert-OH is 1. The lowest BCUT2D eigenvalue weighted by Gasteiger charge is -2.44. The smallest absolute Gasteiger partial charge is 0.308 e. The van der Waals surface area contributed by atoms with E-state index in [2.05, 4.69) is 26.0 Å². The first kappa shape index (κ1) is 16.0. The standard InChI is InChI=1S/C19H30O3/c1-12-3-7-18-14(9-12)5-4-13(2)17(18)8-6-16-10-15(20)11-19(21)22-16/h4-5,12-18,20H,3,6-11H2,1-2H3/t12-,13-,14-,15+,16+,17+,18+/m1/s1. The third kappa shape index (κ3) is 3.56. The van der Waals surface area contributed by atoms with E-state index < -0.39 is 6.10 Å². The summed E-state index contributed by atoms with van der Waals surface area (Å²) in [5.41, 5.74) is 0. The predicted molar refractivity (Wildman–Crippen MR) is 86.1 cm³/mol. The van der Waals surface area contributed by atoms with Crippen molar-refractivity contribution < 1.29 is 14.6 Å². The van der Waals surface area contributed by atoms with Gasteiger partial charge in [0.2, 0.25) is 0 Å². The molecule has 7 atom stereocenters. The van der Waals surface area contributed by atoms with Crippen LogP contribution >= 0.6 is 0 Å². The van der Waals surface area contributed by atoms with E-state index in [4.69, 9.17) is 4.74 Å². The third-order valence-corrected chi connectivity index (χ3v) is 6.16. The Kier molecular flexibility index (Phi) is 4.91. The molecule has 3 rings (SSSR count). The molecule has 0 aromatic rings. The zero-order chi connectivity index (χ0) is 15.7. The lowest BCUT2D eigenvalue weighted by molar-refractivity contribution is -0.160. The molecule has 0 aromatic heterocycles. The summed E-state index contributed by atoms with van der Waals surface area (Å²) >= 11 is 0. The molecule has 124 valence electrons. The molecule has 0 amide bonds. The highest BCUT2D eigenvalue weighted by molar-refractivity contribution is 5.70. The molecule has 1 heterocycles. The lowest BCUT2D eigenvalue weighted by atomic mass is 9.62. The summed E-state index contributed by atoms with van der Waals surface area (Å²) in [7, 11) is 0. The van der Waals surface area contributed by atoms with Crippen molar-refractivity contribution in [2.45, 2.75) is 71.0 Å². The summed E-state index contributed by atoms with van der Waals surface area (Å²) in [5, 5.41) is 9.74. The van der Waals surface area contributed by atoms with Gasteiger partial charge in [-0.25, -0.2) is 0 Å². The van der Waals surface area contributed by atoms with Crippen LogP contribution in [0.5, 0.6) is 0 Å². The second kappa shape index (κ2) is 6.74. The van der Waals surface area contributed by atoms with Gasteiger partial charge in [-0.2, -0.15) is 0 Å². The molecule has 0 radical (unpaired) electrons.